The molecule has 6 nitrogen and oxygen atoms in total. The van der Waals surface area contributed by atoms with Crippen LogP contribution in [0.4, 0.5) is 0 Å². The zero-order chi connectivity index (χ0) is 25.5. The molecule has 198 valence electrons. The third kappa shape index (κ3) is 3.27. The molecule has 6 heteroatoms. The van der Waals surface area contributed by atoms with Crippen molar-refractivity contribution in [1.29, 1.82) is 0 Å². The van der Waals surface area contributed by atoms with Gasteiger partial charge in [0.05, 0.1) is 16.7 Å². The van der Waals surface area contributed by atoms with E-state index in [1.54, 1.807) is 6.07 Å². The van der Waals surface area contributed by atoms with Crippen molar-refractivity contribution >= 4 is 5.78 Å². The van der Waals surface area contributed by atoms with Gasteiger partial charge >= 0.3 is 0 Å². The Balaban J connectivity index is 1.28. The molecule has 1 saturated heterocycles. The molecule has 1 unspecified atom stereocenters. The second-order valence-corrected chi connectivity index (χ2v) is 12.5. The number of hydrogen-bond donors (Lipinski definition) is 2. The molecule has 4 atom stereocenters. The zero-order valence-corrected chi connectivity index (χ0v) is 22.3. The standard InChI is InChI=1S/C31H40N2O4/c1-3-4-5-6-23(34)11-10-22-15-21-17-31(36)25-16-20-9-12-24(35)28-26(20)30(31,29(37-28)27(21)32(22)2)13-14-33(25)18-19-7-8-19/h9,12,15,19,25,29,35-36H,3-8,10-11,13-14,16-18H2,1-2H3/t25-,29?,30+,31-/m1/s1. The SMILES string of the molecule is CCCCCC(=O)CCc1cc2c(n1C)C1Oc3c(O)ccc4c3[C@@]13CCN(CC1CC1)[C@H](C4)[C@]3(O)C2. The number of carbonyl (C=O) groups excluding carboxylic acids is 1. The van der Waals surface area contributed by atoms with Crippen LogP contribution < -0.4 is 4.74 Å². The lowest BCUT2D eigenvalue weighted by Crippen LogP contribution is -2.74. The molecule has 1 spiro atoms. The van der Waals surface area contributed by atoms with Crippen molar-refractivity contribution in [2.45, 2.75) is 101 Å². The number of hydrogen-bond acceptors (Lipinski definition) is 5. The Kier molecular flexibility index (Phi) is 5.36. The zero-order valence-electron chi connectivity index (χ0n) is 22.3. The molecule has 2 N–H and O–H groups in total. The molecule has 1 saturated carbocycles. The van der Waals surface area contributed by atoms with E-state index < -0.39 is 11.0 Å². The summed E-state index contributed by atoms with van der Waals surface area (Å²) in [7, 11) is 2.09. The summed E-state index contributed by atoms with van der Waals surface area (Å²) in [4.78, 5) is 15.1. The van der Waals surface area contributed by atoms with E-state index in [0.29, 0.717) is 37.2 Å². The Morgan fingerprint density at radius 1 is 1.19 bits per heavy atom. The number of aryl methyl sites for hydroxylation is 1. The minimum atomic E-state index is -0.946. The first kappa shape index (κ1) is 23.8. The minimum absolute atomic E-state index is 0.0490. The maximum absolute atomic E-state index is 12.8. The number of phenolic OH excluding ortho intramolecular Hbond substituents is 1. The maximum Gasteiger partial charge on any atom is 0.166 e. The summed E-state index contributed by atoms with van der Waals surface area (Å²) in [5, 5.41) is 23.7. The summed E-state index contributed by atoms with van der Waals surface area (Å²) in [6, 6.07) is 6.11. The van der Waals surface area contributed by atoms with E-state index in [1.807, 2.05) is 0 Å². The predicted octanol–water partition coefficient (Wildman–Crippen LogP) is 4.51. The first-order valence-corrected chi connectivity index (χ1v) is 14.5. The normalized spacial score (nSPS) is 31.1. The van der Waals surface area contributed by atoms with Gasteiger partial charge in [0.1, 0.15) is 5.78 Å². The average molecular weight is 505 g/mol. The summed E-state index contributed by atoms with van der Waals surface area (Å²) in [5.74, 6) is 1.86. The van der Waals surface area contributed by atoms with E-state index in [4.69, 9.17) is 4.74 Å². The Morgan fingerprint density at radius 3 is 2.81 bits per heavy atom. The number of likely N-dealkylation sites (tertiary alicyclic amines) is 1. The second kappa shape index (κ2) is 8.34. The van der Waals surface area contributed by atoms with Crippen molar-refractivity contribution in [3.8, 4) is 11.5 Å². The number of phenols is 1. The van der Waals surface area contributed by atoms with Crippen LogP contribution in [0.1, 0.15) is 92.5 Å². The molecular weight excluding hydrogens is 464 g/mol. The van der Waals surface area contributed by atoms with E-state index in [-0.39, 0.29) is 17.9 Å². The van der Waals surface area contributed by atoms with Gasteiger partial charge in [-0.3, -0.25) is 9.69 Å². The molecule has 3 heterocycles. The van der Waals surface area contributed by atoms with Gasteiger partial charge in [0.2, 0.25) is 0 Å². The monoisotopic (exact) mass is 504 g/mol. The summed E-state index contributed by atoms with van der Waals surface area (Å²) in [5.41, 5.74) is 4.19. The van der Waals surface area contributed by atoms with Crippen molar-refractivity contribution in [1.82, 2.24) is 9.47 Å². The minimum Gasteiger partial charge on any atom is -0.504 e. The molecule has 3 aliphatic carbocycles. The first-order chi connectivity index (χ1) is 17.9. The predicted molar refractivity (Wildman–Crippen MR) is 141 cm³/mol. The number of Topliss-reactive ketones (excluding diaryl/α,β-unsaturated/α-hetero) is 1. The lowest BCUT2D eigenvalue weighted by atomic mass is 9.49. The van der Waals surface area contributed by atoms with E-state index in [1.165, 1.54) is 18.4 Å². The molecule has 0 radical (unpaired) electrons. The van der Waals surface area contributed by atoms with Gasteiger partial charge in [0.15, 0.2) is 17.6 Å². The molecule has 2 bridgehead atoms. The molecule has 1 aromatic heterocycles. The van der Waals surface area contributed by atoms with Crippen LogP contribution in [0.3, 0.4) is 0 Å². The summed E-state index contributed by atoms with van der Waals surface area (Å²) in [6.07, 6.45) is 9.66. The fraction of sp³-hybridized carbons (Fsp3) is 0.645. The topological polar surface area (TPSA) is 74.9 Å². The van der Waals surface area contributed by atoms with Gasteiger partial charge in [0, 0.05) is 50.2 Å². The fourth-order valence-corrected chi connectivity index (χ4v) is 8.38. The van der Waals surface area contributed by atoms with Gasteiger partial charge in [-0.25, -0.2) is 0 Å². The Labute approximate surface area is 219 Å². The van der Waals surface area contributed by atoms with Gasteiger partial charge in [0.25, 0.3) is 0 Å². The van der Waals surface area contributed by atoms with E-state index in [0.717, 1.165) is 73.6 Å². The third-order valence-corrected chi connectivity index (χ3v) is 10.4. The average Bonchev–Trinajstić information content (AvgIpc) is 3.54. The molecule has 1 aromatic carbocycles. The highest BCUT2D eigenvalue weighted by Gasteiger charge is 2.72. The second-order valence-electron chi connectivity index (χ2n) is 12.5. The molecule has 2 aromatic rings. The largest absolute Gasteiger partial charge is 0.504 e. The highest BCUT2D eigenvalue weighted by molar-refractivity contribution is 5.78. The fourth-order valence-electron chi connectivity index (χ4n) is 8.38. The van der Waals surface area contributed by atoms with E-state index in [9.17, 15) is 15.0 Å². The number of carbonyl (C=O) groups is 1. The van der Waals surface area contributed by atoms with Crippen LogP contribution in [-0.4, -0.2) is 50.2 Å². The number of unbranched alkanes of at least 4 members (excludes halogenated alkanes) is 2. The first-order valence-electron chi connectivity index (χ1n) is 14.5. The Bertz CT molecular complexity index is 1260. The molecular formula is C31H40N2O4. The molecule has 7 rings (SSSR count). The molecule has 5 aliphatic rings. The van der Waals surface area contributed by atoms with Crippen molar-refractivity contribution in [2.75, 3.05) is 13.1 Å². The van der Waals surface area contributed by atoms with E-state index in [2.05, 4.69) is 35.6 Å². The summed E-state index contributed by atoms with van der Waals surface area (Å²) < 4.78 is 8.93. The molecule has 37 heavy (non-hydrogen) atoms. The number of aromatic hydroxyl groups is 1. The number of fused-ring (bicyclic) bond motifs is 2. The van der Waals surface area contributed by atoms with Gasteiger partial charge in [-0.05, 0) is 74.2 Å². The van der Waals surface area contributed by atoms with Crippen molar-refractivity contribution < 1.29 is 19.7 Å². The molecule has 0 amide bonds. The van der Waals surface area contributed by atoms with Crippen molar-refractivity contribution in [3.05, 3.63) is 46.3 Å². The number of nitrogens with zero attached hydrogens (tertiary/aromatic N) is 2. The number of ketones is 1. The Hall–Kier alpha value is -2.31. The van der Waals surface area contributed by atoms with Gasteiger partial charge < -0.3 is 19.5 Å². The van der Waals surface area contributed by atoms with Gasteiger partial charge in [-0.1, -0.05) is 25.8 Å². The lowest BCUT2D eigenvalue weighted by Gasteiger charge is -2.63. The number of ether oxygens (including phenoxy) is 1. The number of rotatable bonds is 9. The number of benzene rings is 1. The summed E-state index contributed by atoms with van der Waals surface area (Å²) in [6.45, 7) is 4.19. The highest BCUT2D eigenvalue weighted by atomic mass is 16.5. The molecule has 2 aliphatic heterocycles. The lowest BCUT2D eigenvalue weighted by molar-refractivity contribution is -0.173. The molecule has 2 fully saturated rings. The van der Waals surface area contributed by atoms with Crippen LogP contribution in [0.15, 0.2) is 18.2 Å². The number of aliphatic hydroxyl groups is 1. The van der Waals surface area contributed by atoms with Crippen LogP contribution >= 0.6 is 0 Å². The van der Waals surface area contributed by atoms with Gasteiger partial charge in [-0.2, -0.15) is 0 Å². The van der Waals surface area contributed by atoms with Crippen molar-refractivity contribution in [2.24, 2.45) is 13.0 Å². The maximum atomic E-state index is 12.8. The Morgan fingerprint density at radius 2 is 2.03 bits per heavy atom. The quantitative estimate of drug-likeness (QED) is 0.492. The number of piperidine rings is 1. The third-order valence-electron chi connectivity index (χ3n) is 10.4. The van der Waals surface area contributed by atoms with Crippen LogP contribution in [-0.2, 0) is 36.5 Å². The van der Waals surface area contributed by atoms with Crippen molar-refractivity contribution in [3.63, 3.8) is 0 Å². The van der Waals surface area contributed by atoms with Crippen LogP contribution in [0.2, 0.25) is 0 Å². The number of aromatic nitrogens is 1. The summed E-state index contributed by atoms with van der Waals surface area (Å²) >= 11 is 0. The van der Waals surface area contributed by atoms with Gasteiger partial charge in [-0.15, -0.1) is 0 Å². The van der Waals surface area contributed by atoms with Crippen LogP contribution in [0.5, 0.6) is 11.5 Å². The smallest absolute Gasteiger partial charge is 0.166 e. The van der Waals surface area contributed by atoms with Crippen LogP contribution in [0.25, 0.3) is 0 Å². The van der Waals surface area contributed by atoms with Crippen LogP contribution in [0, 0.1) is 5.92 Å². The highest BCUT2D eigenvalue weighted by Crippen LogP contribution is 2.68. The van der Waals surface area contributed by atoms with E-state index >= 15 is 0 Å².